The summed E-state index contributed by atoms with van der Waals surface area (Å²) in [6, 6.07) is 14.2. The van der Waals surface area contributed by atoms with E-state index >= 15 is 0 Å². The SMILES string of the molecule is Cc1ccc(C)c(Sc2ccc(NC(=O)CN3CSCC3=O)cc2)c1. The van der Waals surface area contributed by atoms with Crippen molar-refractivity contribution in [2.24, 2.45) is 0 Å². The second-order valence-corrected chi connectivity index (χ2v) is 8.08. The minimum Gasteiger partial charge on any atom is -0.325 e. The minimum absolute atomic E-state index is 0.0282. The van der Waals surface area contributed by atoms with E-state index in [0.29, 0.717) is 11.6 Å². The number of anilines is 1. The molecular formula is C19H20N2O2S2. The number of thioether (sulfide) groups is 1. The lowest BCUT2D eigenvalue weighted by atomic mass is 10.2. The summed E-state index contributed by atoms with van der Waals surface area (Å²) < 4.78 is 0. The summed E-state index contributed by atoms with van der Waals surface area (Å²) in [7, 11) is 0. The average Bonchev–Trinajstić information content (AvgIpc) is 2.97. The van der Waals surface area contributed by atoms with Crippen molar-refractivity contribution in [3.8, 4) is 0 Å². The summed E-state index contributed by atoms with van der Waals surface area (Å²) in [5.41, 5.74) is 3.24. The van der Waals surface area contributed by atoms with Crippen molar-refractivity contribution in [3.63, 3.8) is 0 Å². The molecule has 25 heavy (non-hydrogen) atoms. The van der Waals surface area contributed by atoms with E-state index in [0.717, 1.165) is 10.6 Å². The zero-order valence-corrected chi connectivity index (χ0v) is 15.9. The van der Waals surface area contributed by atoms with Gasteiger partial charge in [-0.3, -0.25) is 9.59 Å². The quantitative estimate of drug-likeness (QED) is 0.864. The van der Waals surface area contributed by atoms with Crippen molar-refractivity contribution in [3.05, 3.63) is 53.6 Å². The van der Waals surface area contributed by atoms with Gasteiger partial charge in [-0.2, -0.15) is 0 Å². The Kier molecular flexibility index (Phi) is 5.71. The van der Waals surface area contributed by atoms with Crippen LogP contribution in [0.4, 0.5) is 5.69 Å². The predicted octanol–water partition coefficient (Wildman–Crippen LogP) is 3.93. The lowest BCUT2D eigenvalue weighted by Gasteiger charge is -2.14. The van der Waals surface area contributed by atoms with E-state index < -0.39 is 0 Å². The molecule has 2 amide bonds. The first-order chi connectivity index (χ1) is 12.0. The van der Waals surface area contributed by atoms with Crippen LogP contribution in [0.5, 0.6) is 0 Å². The normalized spacial score (nSPS) is 14.0. The molecule has 1 fully saturated rings. The molecule has 1 aliphatic rings. The van der Waals surface area contributed by atoms with Gasteiger partial charge in [-0.25, -0.2) is 0 Å². The van der Waals surface area contributed by atoms with Crippen molar-refractivity contribution in [1.29, 1.82) is 0 Å². The molecule has 3 rings (SSSR count). The molecule has 0 saturated carbocycles. The Morgan fingerprint density at radius 1 is 1.20 bits per heavy atom. The zero-order valence-electron chi connectivity index (χ0n) is 14.2. The molecule has 1 heterocycles. The van der Waals surface area contributed by atoms with Crippen LogP contribution >= 0.6 is 23.5 Å². The number of hydrogen-bond donors (Lipinski definition) is 1. The molecule has 0 atom stereocenters. The smallest absolute Gasteiger partial charge is 0.244 e. The average molecular weight is 373 g/mol. The summed E-state index contributed by atoms with van der Waals surface area (Å²) in [4.78, 5) is 27.5. The van der Waals surface area contributed by atoms with Gasteiger partial charge in [0.15, 0.2) is 0 Å². The van der Waals surface area contributed by atoms with E-state index in [1.165, 1.54) is 27.8 Å². The molecule has 4 nitrogen and oxygen atoms in total. The molecule has 0 unspecified atom stereocenters. The third-order valence-electron chi connectivity index (χ3n) is 3.87. The lowest BCUT2D eigenvalue weighted by Crippen LogP contribution is -2.34. The first-order valence-electron chi connectivity index (χ1n) is 8.02. The van der Waals surface area contributed by atoms with Crippen molar-refractivity contribution >= 4 is 41.0 Å². The molecule has 1 N–H and O–H groups in total. The number of nitrogens with one attached hydrogen (secondary N) is 1. The van der Waals surface area contributed by atoms with Crippen LogP contribution in [0.15, 0.2) is 52.3 Å². The number of rotatable bonds is 5. The van der Waals surface area contributed by atoms with Gasteiger partial charge in [0.2, 0.25) is 11.8 Å². The highest BCUT2D eigenvalue weighted by atomic mass is 32.2. The number of carbonyl (C=O) groups excluding carboxylic acids is 2. The monoisotopic (exact) mass is 372 g/mol. The molecule has 130 valence electrons. The topological polar surface area (TPSA) is 49.4 Å². The van der Waals surface area contributed by atoms with Gasteiger partial charge in [0, 0.05) is 15.5 Å². The van der Waals surface area contributed by atoms with Gasteiger partial charge >= 0.3 is 0 Å². The van der Waals surface area contributed by atoms with Gasteiger partial charge < -0.3 is 10.2 Å². The number of aryl methyl sites for hydroxylation is 2. The fourth-order valence-corrected chi connectivity index (χ4v) is 4.37. The van der Waals surface area contributed by atoms with Crippen LogP contribution in [0.3, 0.4) is 0 Å². The van der Waals surface area contributed by atoms with E-state index in [2.05, 4.69) is 37.4 Å². The van der Waals surface area contributed by atoms with Crippen LogP contribution in [-0.2, 0) is 9.59 Å². The number of hydrogen-bond acceptors (Lipinski definition) is 4. The molecule has 0 aliphatic carbocycles. The van der Waals surface area contributed by atoms with Gasteiger partial charge in [0.25, 0.3) is 0 Å². The van der Waals surface area contributed by atoms with Crippen LogP contribution in [0.1, 0.15) is 11.1 Å². The van der Waals surface area contributed by atoms with E-state index in [4.69, 9.17) is 0 Å². The Labute approximate surface area is 156 Å². The molecule has 1 aliphatic heterocycles. The Bertz CT molecular complexity index is 791. The lowest BCUT2D eigenvalue weighted by molar-refractivity contribution is -0.130. The van der Waals surface area contributed by atoms with Crippen LogP contribution in [0.2, 0.25) is 0 Å². The van der Waals surface area contributed by atoms with E-state index in [1.54, 1.807) is 16.7 Å². The summed E-state index contributed by atoms with van der Waals surface area (Å²) >= 11 is 3.25. The second kappa shape index (κ2) is 7.97. The Morgan fingerprint density at radius 3 is 2.64 bits per heavy atom. The van der Waals surface area contributed by atoms with Crippen molar-refractivity contribution < 1.29 is 9.59 Å². The minimum atomic E-state index is -0.161. The van der Waals surface area contributed by atoms with Crippen LogP contribution < -0.4 is 5.32 Å². The first-order valence-corrected chi connectivity index (χ1v) is 9.99. The first kappa shape index (κ1) is 17.9. The van der Waals surface area contributed by atoms with Crippen molar-refractivity contribution in [2.75, 3.05) is 23.5 Å². The zero-order chi connectivity index (χ0) is 17.8. The highest BCUT2D eigenvalue weighted by Crippen LogP contribution is 2.31. The predicted molar refractivity (Wildman–Crippen MR) is 104 cm³/mol. The van der Waals surface area contributed by atoms with Gasteiger partial charge in [-0.15, -0.1) is 11.8 Å². The summed E-state index contributed by atoms with van der Waals surface area (Å²) in [5, 5.41) is 2.85. The van der Waals surface area contributed by atoms with Gasteiger partial charge in [0.05, 0.1) is 11.6 Å². The molecule has 6 heteroatoms. The molecule has 2 aromatic carbocycles. The van der Waals surface area contributed by atoms with E-state index in [9.17, 15) is 9.59 Å². The van der Waals surface area contributed by atoms with Crippen LogP contribution in [0, 0.1) is 13.8 Å². The standard InChI is InChI=1S/C19H20N2O2S2/c1-13-3-4-14(2)17(9-13)25-16-7-5-15(6-8-16)20-18(22)10-21-12-24-11-19(21)23/h3-9H,10-12H2,1-2H3,(H,20,22). The Balaban J connectivity index is 1.59. The summed E-state index contributed by atoms with van der Waals surface area (Å²) in [5.74, 6) is 0.932. The highest BCUT2D eigenvalue weighted by molar-refractivity contribution is 8.00. The van der Waals surface area contributed by atoms with Crippen molar-refractivity contribution in [2.45, 2.75) is 23.6 Å². The number of amides is 2. The second-order valence-electron chi connectivity index (χ2n) is 6.01. The van der Waals surface area contributed by atoms with Crippen LogP contribution in [-0.4, -0.2) is 34.9 Å². The van der Waals surface area contributed by atoms with Gasteiger partial charge in [-0.05, 0) is 55.3 Å². The highest BCUT2D eigenvalue weighted by Gasteiger charge is 2.22. The third kappa shape index (κ3) is 4.80. The summed E-state index contributed by atoms with van der Waals surface area (Å²) in [6.45, 7) is 4.31. The van der Waals surface area contributed by atoms with Crippen molar-refractivity contribution in [1.82, 2.24) is 4.90 Å². The number of nitrogens with zero attached hydrogens (tertiary/aromatic N) is 1. The van der Waals surface area contributed by atoms with E-state index in [1.807, 2.05) is 24.3 Å². The summed E-state index contributed by atoms with van der Waals surface area (Å²) in [6.07, 6.45) is 0. The molecule has 0 spiro atoms. The number of carbonyl (C=O) groups is 2. The maximum absolute atomic E-state index is 12.1. The number of benzene rings is 2. The molecule has 2 aromatic rings. The fourth-order valence-electron chi connectivity index (χ4n) is 2.46. The maximum Gasteiger partial charge on any atom is 0.244 e. The Hall–Kier alpha value is -1.92. The van der Waals surface area contributed by atoms with Gasteiger partial charge in [0.1, 0.15) is 6.54 Å². The van der Waals surface area contributed by atoms with E-state index in [-0.39, 0.29) is 18.4 Å². The largest absolute Gasteiger partial charge is 0.325 e. The fraction of sp³-hybridized carbons (Fsp3) is 0.263. The molecule has 0 bridgehead atoms. The maximum atomic E-state index is 12.1. The Morgan fingerprint density at radius 2 is 1.96 bits per heavy atom. The molecule has 0 aromatic heterocycles. The molecule has 1 saturated heterocycles. The third-order valence-corrected chi connectivity index (χ3v) is 5.98. The van der Waals surface area contributed by atoms with Gasteiger partial charge in [-0.1, -0.05) is 23.9 Å². The van der Waals surface area contributed by atoms with Crippen LogP contribution in [0.25, 0.3) is 0 Å². The molecular weight excluding hydrogens is 352 g/mol. The molecule has 0 radical (unpaired) electrons.